The Labute approximate surface area is 157 Å². The first kappa shape index (κ1) is 17.8. The molecular formula is C19H19Cl2N3O. The fraction of sp³-hybridized carbons (Fsp3) is 0.211. The first-order chi connectivity index (χ1) is 12.2. The lowest BCUT2D eigenvalue weighted by Gasteiger charge is -2.20. The van der Waals surface area contributed by atoms with Crippen LogP contribution in [0, 0.1) is 0 Å². The van der Waals surface area contributed by atoms with Crippen LogP contribution in [0.1, 0.15) is 5.56 Å². The number of ether oxygens (including phenoxy) is 1. The molecule has 2 aromatic carbocycles. The zero-order valence-electron chi connectivity index (χ0n) is 13.6. The minimum Gasteiger partial charge on any atom is -0.382 e. The molecule has 1 atom stereocenters. The highest BCUT2D eigenvalue weighted by molar-refractivity contribution is 6.35. The van der Waals surface area contributed by atoms with Crippen molar-refractivity contribution in [1.29, 1.82) is 0 Å². The molecule has 0 fully saturated rings. The second-order valence-electron chi connectivity index (χ2n) is 5.68. The van der Waals surface area contributed by atoms with Gasteiger partial charge in [-0.05, 0) is 29.8 Å². The number of benzene rings is 2. The number of halogens is 2. The van der Waals surface area contributed by atoms with Crippen molar-refractivity contribution in [2.24, 2.45) is 0 Å². The molecule has 25 heavy (non-hydrogen) atoms. The Hall–Kier alpha value is -2.01. The van der Waals surface area contributed by atoms with Crippen LogP contribution in [0.4, 0.5) is 5.69 Å². The molecule has 1 N–H and O–H groups in total. The molecule has 1 unspecified atom stereocenters. The van der Waals surface area contributed by atoms with E-state index in [1.54, 1.807) is 18.6 Å². The average Bonchev–Trinajstić information content (AvgIpc) is 3.12. The summed E-state index contributed by atoms with van der Waals surface area (Å²) < 4.78 is 8.11. The number of hydrogen-bond acceptors (Lipinski definition) is 3. The van der Waals surface area contributed by atoms with Crippen LogP contribution in [0.5, 0.6) is 0 Å². The maximum atomic E-state index is 6.23. The smallest absolute Gasteiger partial charge is 0.0946 e. The Morgan fingerprint density at radius 2 is 1.96 bits per heavy atom. The van der Waals surface area contributed by atoms with E-state index in [0.29, 0.717) is 29.7 Å². The number of aromatic nitrogens is 2. The largest absolute Gasteiger partial charge is 0.382 e. The minimum absolute atomic E-state index is 0.0406. The second kappa shape index (κ2) is 8.90. The van der Waals surface area contributed by atoms with Gasteiger partial charge in [-0.2, -0.15) is 0 Å². The third-order valence-electron chi connectivity index (χ3n) is 3.77. The highest BCUT2D eigenvalue weighted by Crippen LogP contribution is 2.22. The van der Waals surface area contributed by atoms with Crippen molar-refractivity contribution in [3.05, 3.63) is 82.9 Å². The van der Waals surface area contributed by atoms with Gasteiger partial charge in [0.25, 0.3) is 0 Å². The Morgan fingerprint density at radius 3 is 2.68 bits per heavy atom. The molecule has 4 nitrogen and oxygen atoms in total. The van der Waals surface area contributed by atoms with E-state index in [2.05, 4.69) is 10.3 Å². The Bertz CT molecular complexity index is 779. The van der Waals surface area contributed by atoms with Crippen LogP contribution >= 0.6 is 23.2 Å². The van der Waals surface area contributed by atoms with Crippen molar-refractivity contribution in [3.63, 3.8) is 0 Å². The predicted molar refractivity (Wildman–Crippen MR) is 102 cm³/mol. The van der Waals surface area contributed by atoms with E-state index in [4.69, 9.17) is 27.9 Å². The SMILES string of the molecule is Clc1ccc(COC(CNc2ccccc2)Cn2ccnc2)c(Cl)c1. The van der Waals surface area contributed by atoms with Gasteiger partial charge in [0.05, 0.1) is 25.6 Å². The third kappa shape index (κ3) is 5.49. The summed E-state index contributed by atoms with van der Waals surface area (Å²) in [5.41, 5.74) is 1.98. The minimum atomic E-state index is -0.0406. The van der Waals surface area contributed by atoms with Gasteiger partial charge >= 0.3 is 0 Å². The topological polar surface area (TPSA) is 39.1 Å². The summed E-state index contributed by atoms with van der Waals surface area (Å²) >= 11 is 12.2. The molecule has 0 aliphatic rings. The first-order valence-electron chi connectivity index (χ1n) is 8.01. The average molecular weight is 376 g/mol. The molecule has 0 aliphatic carbocycles. The summed E-state index contributed by atoms with van der Waals surface area (Å²) in [5.74, 6) is 0. The molecule has 6 heteroatoms. The molecule has 0 aliphatic heterocycles. The summed E-state index contributed by atoms with van der Waals surface area (Å²) in [4.78, 5) is 4.09. The standard InChI is InChI=1S/C19H19Cl2N3O/c20-16-7-6-15(19(21)10-16)13-25-18(12-24-9-8-22-14-24)11-23-17-4-2-1-3-5-17/h1-10,14,18,23H,11-13H2. The number of imidazole rings is 1. The van der Waals surface area contributed by atoms with E-state index in [9.17, 15) is 0 Å². The van der Waals surface area contributed by atoms with E-state index in [1.165, 1.54) is 0 Å². The van der Waals surface area contributed by atoms with Crippen LogP contribution in [0.2, 0.25) is 10.0 Å². The Morgan fingerprint density at radius 1 is 1.12 bits per heavy atom. The molecule has 0 radical (unpaired) electrons. The monoisotopic (exact) mass is 375 g/mol. The van der Waals surface area contributed by atoms with Crippen molar-refractivity contribution in [1.82, 2.24) is 9.55 Å². The van der Waals surface area contributed by atoms with Gasteiger partial charge in [0.1, 0.15) is 0 Å². The molecule has 0 spiro atoms. The zero-order chi connectivity index (χ0) is 17.5. The molecule has 3 aromatic rings. The molecule has 3 rings (SSSR count). The van der Waals surface area contributed by atoms with Gasteiger partial charge in [-0.15, -0.1) is 0 Å². The summed E-state index contributed by atoms with van der Waals surface area (Å²) in [6.07, 6.45) is 5.43. The zero-order valence-corrected chi connectivity index (χ0v) is 15.1. The van der Waals surface area contributed by atoms with E-state index in [-0.39, 0.29) is 6.10 Å². The first-order valence-corrected chi connectivity index (χ1v) is 8.76. The number of anilines is 1. The summed E-state index contributed by atoms with van der Waals surface area (Å²) in [5, 5.41) is 4.64. The maximum absolute atomic E-state index is 6.23. The van der Waals surface area contributed by atoms with Crippen molar-refractivity contribution >= 4 is 28.9 Å². The number of nitrogens with zero attached hydrogens (tertiary/aromatic N) is 2. The van der Waals surface area contributed by atoms with E-state index < -0.39 is 0 Å². The van der Waals surface area contributed by atoms with Gasteiger partial charge in [-0.1, -0.05) is 47.5 Å². The number of para-hydroxylation sites is 1. The van der Waals surface area contributed by atoms with Crippen LogP contribution in [-0.2, 0) is 17.9 Å². The van der Waals surface area contributed by atoms with E-state index >= 15 is 0 Å². The summed E-state index contributed by atoms with van der Waals surface area (Å²) in [7, 11) is 0. The number of hydrogen-bond donors (Lipinski definition) is 1. The van der Waals surface area contributed by atoms with Crippen LogP contribution in [0.15, 0.2) is 67.3 Å². The molecule has 1 heterocycles. The van der Waals surface area contributed by atoms with Crippen LogP contribution < -0.4 is 5.32 Å². The summed E-state index contributed by atoms with van der Waals surface area (Å²) in [6, 6.07) is 15.5. The number of rotatable bonds is 8. The van der Waals surface area contributed by atoms with Gasteiger partial charge in [-0.25, -0.2) is 4.98 Å². The van der Waals surface area contributed by atoms with Gasteiger partial charge in [0, 0.05) is 34.7 Å². The summed E-state index contributed by atoms with van der Waals surface area (Å²) in [6.45, 7) is 1.80. The van der Waals surface area contributed by atoms with Crippen molar-refractivity contribution in [2.45, 2.75) is 19.3 Å². The van der Waals surface area contributed by atoms with Gasteiger partial charge in [0.2, 0.25) is 0 Å². The quantitative estimate of drug-likeness (QED) is 0.609. The highest BCUT2D eigenvalue weighted by Gasteiger charge is 2.12. The van der Waals surface area contributed by atoms with Crippen molar-refractivity contribution < 1.29 is 4.74 Å². The van der Waals surface area contributed by atoms with Crippen molar-refractivity contribution in [3.8, 4) is 0 Å². The molecule has 1 aromatic heterocycles. The normalized spacial score (nSPS) is 12.1. The fourth-order valence-corrected chi connectivity index (χ4v) is 2.90. The predicted octanol–water partition coefficient (Wildman–Crippen LogP) is 4.89. The van der Waals surface area contributed by atoms with Crippen LogP contribution in [-0.4, -0.2) is 22.2 Å². The molecule has 0 bridgehead atoms. The second-order valence-corrected chi connectivity index (χ2v) is 6.52. The Balaban J connectivity index is 1.63. The number of nitrogens with one attached hydrogen (secondary N) is 1. The van der Waals surface area contributed by atoms with Gasteiger partial charge in [-0.3, -0.25) is 0 Å². The van der Waals surface area contributed by atoms with Crippen LogP contribution in [0.3, 0.4) is 0 Å². The fourth-order valence-electron chi connectivity index (χ4n) is 2.44. The van der Waals surface area contributed by atoms with E-state index in [0.717, 1.165) is 11.3 Å². The molecule has 0 saturated carbocycles. The highest BCUT2D eigenvalue weighted by atomic mass is 35.5. The molecule has 0 saturated heterocycles. The Kier molecular flexibility index (Phi) is 6.34. The molecular weight excluding hydrogens is 357 g/mol. The lowest BCUT2D eigenvalue weighted by Crippen LogP contribution is -2.28. The van der Waals surface area contributed by atoms with Crippen molar-refractivity contribution in [2.75, 3.05) is 11.9 Å². The van der Waals surface area contributed by atoms with Gasteiger partial charge in [0.15, 0.2) is 0 Å². The third-order valence-corrected chi connectivity index (χ3v) is 4.36. The lowest BCUT2D eigenvalue weighted by atomic mass is 10.2. The van der Waals surface area contributed by atoms with Gasteiger partial charge < -0.3 is 14.6 Å². The lowest BCUT2D eigenvalue weighted by molar-refractivity contribution is 0.0379. The molecule has 130 valence electrons. The maximum Gasteiger partial charge on any atom is 0.0946 e. The molecule has 0 amide bonds. The van der Waals surface area contributed by atoms with Crippen LogP contribution in [0.25, 0.3) is 0 Å². The van der Waals surface area contributed by atoms with E-state index in [1.807, 2.05) is 53.2 Å².